The number of aromatic nitrogens is 1. The summed E-state index contributed by atoms with van der Waals surface area (Å²) < 4.78 is 31.5. The third-order valence-electron chi connectivity index (χ3n) is 3.12. The number of carboxylic acid groups (broad SMARTS) is 1. The van der Waals surface area contributed by atoms with Gasteiger partial charge < -0.3 is 9.84 Å². The Hall–Kier alpha value is -1.67. The van der Waals surface area contributed by atoms with Gasteiger partial charge in [-0.05, 0) is 25.8 Å². The molecule has 0 bridgehead atoms. The van der Waals surface area contributed by atoms with E-state index < -0.39 is 22.0 Å². The van der Waals surface area contributed by atoms with Crippen molar-refractivity contribution in [3.63, 3.8) is 0 Å². The first-order valence-corrected chi connectivity index (χ1v) is 7.74. The molecule has 2 rings (SSSR count). The molecular weight excluding hydrogens is 284 g/mol. The zero-order chi connectivity index (χ0) is 14.8. The number of rotatable bonds is 5. The number of pyridine rings is 1. The maximum Gasteiger partial charge on any atom is 0.322 e. The van der Waals surface area contributed by atoms with Gasteiger partial charge >= 0.3 is 5.97 Å². The summed E-state index contributed by atoms with van der Waals surface area (Å²) in [6.45, 7) is 2.25. The van der Waals surface area contributed by atoms with Gasteiger partial charge in [-0.2, -0.15) is 4.31 Å². The van der Waals surface area contributed by atoms with E-state index >= 15 is 0 Å². The monoisotopic (exact) mass is 300 g/mol. The average molecular weight is 300 g/mol. The van der Waals surface area contributed by atoms with Crippen molar-refractivity contribution in [1.29, 1.82) is 0 Å². The summed E-state index contributed by atoms with van der Waals surface area (Å²) in [4.78, 5) is 14.9. The van der Waals surface area contributed by atoms with Gasteiger partial charge in [-0.25, -0.2) is 8.42 Å². The first-order valence-electron chi connectivity index (χ1n) is 6.30. The summed E-state index contributed by atoms with van der Waals surface area (Å²) in [6, 6.07) is 0.442. The first-order chi connectivity index (χ1) is 9.48. The number of hydrogen-bond acceptors (Lipinski definition) is 5. The van der Waals surface area contributed by atoms with E-state index in [2.05, 4.69) is 4.98 Å². The maximum atomic E-state index is 12.6. The third kappa shape index (κ3) is 2.61. The second kappa shape index (κ2) is 5.76. The molecule has 1 atom stereocenters. The number of carbonyl (C=O) groups is 1. The van der Waals surface area contributed by atoms with Gasteiger partial charge in [-0.15, -0.1) is 0 Å². The van der Waals surface area contributed by atoms with Crippen LogP contribution in [0.5, 0.6) is 5.75 Å². The van der Waals surface area contributed by atoms with E-state index in [1.165, 1.54) is 18.5 Å². The molecular formula is C12H16N2O5S. The van der Waals surface area contributed by atoms with E-state index in [-0.39, 0.29) is 17.2 Å². The first kappa shape index (κ1) is 14.7. The molecule has 1 N–H and O–H groups in total. The molecule has 0 unspecified atom stereocenters. The second-order valence-electron chi connectivity index (χ2n) is 4.37. The van der Waals surface area contributed by atoms with E-state index in [0.717, 1.165) is 4.31 Å². The molecule has 1 saturated heterocycles. The fourth-order valence-electron chi connectivity index (χ4n) is 2.24. The number of aliphatic carboxylic acids is 1. The fourth-order valence-corrected chi connectivity index (χ4v) is 3.96. The van der Waals surface area contributed by atoms with Gasteiger partial charge in [0.1, 0.15) is 16.7 Å². The summed E-state index contributed by atoms with van der Waals surface area (Å²) in [5, 5.41) is 9.11. The van der Waals surface area contributed by atoms with E-state index in [1.807, 2.05) is 0 Å². The van der Waals surface area contributed by atoms with Crippen molar-refractivity contribution in [3.05, 3.63) is 18.5 Å². The summed E-state index contributed by atoms with van der Waals surface area (Å²) in [7, 11) is -3.92. The number of carboxylic acids is 1. The predicted octanol–water partition coefficient (Wildman–Crippen LogP) is 0.718. The molecule has 0 radical (unpaired) electrons. The Balaban J connectivity index is 2.42. The van der Waals surface area contributed by atoms with Gasteiger partial charge in [0.05, 0.1) is 12.8 Å². The Kier molecular flexibility index (Phi) is 4.24. The largest absolute Gasteiger partial charge is 0.492 e. The zero-order valence-electron chi connectivity index (χ0n) is 11.0. The molecule has 1 aliphatic heterocycles. The van der Waals surface area contributed by atoms with Crippen LogP contribution in [-0.4, -0.2) is 48.0 Å². The van der Waals surface area contributed by atoms with Gasteiger partial charge in [0.25, 0.3) is 0 Å². The minimum absolute atomic E-state index is 0.0880. The number of sulfonamides is 1. The normalized spacial score (nSPS) is 19.9. The standard InChI is InChI=1S/C12H16N2O5S/c1-2-19-10-5-6-13-8-11(10)20(17,18)14-7-3-4-9(14)12(15)16/h5-6,8-9H,2-4,7H2,1H3,(H,15,16)/t9-/m0/s1. The Labute approximate surface area is 117 Å². The Morgan fingerprint density at radius 1 is 1.60 bits per heavy atom. The summed E-state index contributed by atoms with van der Waals surface area (Å²) in [5.41, 5.74) is 0. The van der Waals surface area contributed by atoms with Gasteiger partial charge in [-0.3, -0.25) is 9.78 Å². The molecule has 1 aromatic rings. The molecule has 7 nitrogen and oxygen atoms in total. The molecule has 0 amide bonds. The van der Waals surface area contributed by atoms with Gasteiger partial charge in [0.2, 0.25) is 10.0 Å². The maximum absolute atomic E-state index is 12.6. The molecule has 0 aromatic carbocycles. The van der Waals surface area contributed by atoms with Gasteiger partial charge in [0.15, 0.2) is 0 Å². The predicted molar refractivity (Wildman–Crippen MR) is 70.0 cm³/mol. The highest BCUT2D eigenvalue weighted by Crippen LogP contribution is 2.30. The molecule has 8 heteroatoms. The average Bonchev–Trinajstić information content (AvgIpc) is 2.89. The van der Waals surface area contributed by atoms with E-state index in [1.54, 1.807) is 6.92 Å². The molecule has 110 valence electrons. The minimum Gasteiger partial charge on any atom is -0.492 e. The highest BCUT2D eigenvalue weighted by atomic mass is 32.2. The van der Waals surface area contributed by atoms with Crippen LogP contribution in [0.1, 0.15) is 19.8 Å². The van der Waals surface area contributed by atoms with Gasteiger partial charge in [-0.1, -0.05) is 0 Å². The van der Waals surface area contributed by atoms with E-state index in [9.17, 15) is 13.2 Å². The van der Waals surface area contributed by atoms with E-state index in [0.29, 0.717) is 19.4 Å². The lowest BCUT2D eigenvalue weighted by Gasteiger charge is -2.21. The number of nitrogens with zero attached hydrogens (tertiary/aromatic N) is 2. The van der Waals surface area contributed by atoms with Crippen molar-refractivity contribution in [1.82, 2.24) is 9.29 Å². The number of hydrogen-bond donors (Lipinski definition) is 1. The zero-order valence-corrected chi connectivity index (χ0v) is 11.8. The van der Waals surface area contributed by atoms with Crippen molar-refractivity contribution in [3.8, 4) is 5.75 Å². The van der Waals surface area contributed by atoms with Crippen molar-refractivity contribution in [2.75, 3.05) is 13.2 Å². The van der Waals surface area contributed by atoms with E-state index in [4.69, 9.17) is 9.84 Å². The Morgan fingerprint density at radius 2 is 2.35 bits per heavy atom. The highest BCUT2D eigenvalue weighted by Gasteiger charge is 2.40. The van der Waals surface area contributed by atoms with Crippen LogP contribution in [0.2, 0.25) is 0 Å². The lowest BCUT2D eigenvalue weighted by Crippen LogP contribution is -2.40. The summed E-state index contributed by atoms with van der Waals surface area (Å²) in [6.07, 6.45) is 3.47. The molecule has 0 saturated carbocycles. The van der Waals surface area contributed by atoms with Crippen LogP contribution in [0.4, 0.5) is 0 Å². The fraction of sp³-hybridized carbons (Fsp3) is 0.500. The SMILES string of the molecule is CCOc1ccncc1S(=O)(=O)N1CCC[C@H]1C(=O)O. The van der Waals surface area contributed by atoms with Crippen molar-refractivity contribution in [2.45, 2.75) is 30.7 Å². The Bertz CT molecular complexity index is 602. The van der Waals surface area contributed by atoms with Crippen LogP contribution in [-0.2, 0) is 14.8 Å². The molecule has 0 aliphatic carbocycles. The van der Waals surface area contributed by atoms with Crippen molar-refractivity contribution >= 4 is 16.0 Å². The van der Waals surface area contributed by atoms with Crippen LogP contribution < -0.4 is 4.74 Å². The third-order valence-corrected chi connectivity index (χ3v) is 5.04. The van der Waals surface area contributed by atoms with Crippen molar-refractivity contribution < 1.29 is 23.1 Å². The van der Waals surface area contributed by atoms with Gasteiger partial charge in [0, 0.05) is 12.7 Å². The van der Waals surface area contributed by atoms with Crippen LogP contribution >= 0.6 is 0 Å². The molecule has 20 heavy (non-hydrogen) atoms. The van der Waals surface area contributed by atoms with Crippen molar-refractivity contribution in [2.24, 2.45) is 0 Å². The Morgan fingerprint density at radius 3 is 3.00 bits per heavy atom. The quantitative estimate of drug-likeness (QED) is 0.860. The summed E-state index contributed by atoms with van der Waals surface area (Å²) in [5.74, 6) is -0.938. The topological polar surface area (TPSA) is 96.8 Å². The highest BCUT2D eigenvalue weighted by molar-refractivity contribution is 7.89. The lowest BCUT2D eigenvalue weighted by atomic mass is 10.2. The number of ether oxygens (including phenoxy) is 1. The molecule has 1 aliphatic rings. The molecule has 0 spiro atoms. The van der Waals surface area contributed by atoms with Crippen LogP contribution in [0.25, 0.3) is 0 Å². The lowest BCUT2D eigenvalue weighted by molar-refractivity contribution is -0.140. The second-order valence-corrected chi connectivity index (χ2v) is 6.23. The molecule has 1 aromatic heterocycles. The molecule has 2 heterocycles. The minimum atomic E-state index is -3.92. The smallest absolute Gasteiger partial charge is 0.322 e. The van der Waals surface area contributed by atoms with Crippen LogP contribution in [0.3, 0.4) is 0 Å². The molecule has 1 fully saturated rings. The summed E-state index contributed by atoms with van der Waals surface area (Å²) >= 11 is 0. The van der Waals surface area contributed by atoms with Crippen LogP contribution in [0, 0.1) is 0 Å². The van der Waals surface area contributed by atoms with Crippen LogP contribution in [0.15, 0.2) is 23.4 Å².